The third-order valence-electron chi connectivity index (χ3n) is 1.73. The van der Waals surface area contributed by atoms with Gasteiger partial charge in [-0.2, -0.15) is 0 Å². The Kier molecular flexibility index (Phi) is 3.51. The van der Waals surface area contributed by atoms with Crippen molar-refractivity contribution in [1.82, 2.24) is 0 Å². The normalized spacial score (nSPS) is 10.9. The van der Waals surface area contributed by atoms with Crippen LogP contribution in [0.4, 0.5) is 8.78 Å². The van der Waals surface area contributed by atoms with Gasteiger partial charge in [0.1, 0.15) is 0 Å². The summed E-state index contributed by atoms with van der Waals surface area (Å²) in [6, 6.07) is 1.37. The SMILES string of the molecule is O=C(O)c1cc(F)c(F)cc1C=CCO. The van der Waals surface area contributed by atoms with Gasteiger partial charge in [-0.25, -0.2) is 13.6 Å². The Hall–Kier alpha value is -1.75. The number of rotatable bonds is 3. The van der Waals surface area contributed by atoms with E-state index in [2.05, 4.69) is 0 Å². The Balaban J connectivity index is 3.28. The molecule has 3 nitrogen and oxygen atoms in total. The molecule has 0 saturated carbocycles. The van der Waals surface area contributed by atoms with Gasteiger partial charge < -0.3 is 10.2 Å². The monoisotopic (exact) mass is 214 g/mol. The lowest BCUT2D eigenvalue weighted by molar-refractivity contribution is 0.0696. The van der Waals surface area contributed by atoms with Crippen LogP contribution in [0.1, 0.15) is 15.9 Å². The maximum Gasteiger partial charge on any atom is 0.336 e. The fraction of sp³-hybridized carbons (Fsp3) is 0.100. The molecule has 0 saturated heterocycles. The molecular weight excluding hydrogens is 206 g/mol. The molecule has 0 atom stereocenters. The first-order valence-electron chi connectivity index (χ1n) is 4.06. The van der Waals surface area contributed by atoms with E-state index in [1.165, 1.54) is 12.2 Å². The lowest BCUT2D eigenvalue weighted by Gasteiger charge is -2.02. The van der Waals surface area contributed by atoms with Crippen molar-refractivity contribution in [2.24, 2.45) is 0 Å². The van der Waals surface area contributed by atoms with E-state index in [1.807, 2.05) is 0 Å². The van der Waals surface area contributed by atoms with Gasteiger partial charge in [-0.15, -0.1) is 0 Å². The molecule has 15 heavy (non-hydrogen) atoms. The zero-order chi connectivity index (χ0) is 11.4. The van der Waals surface area contributed by atoms with Crippen LogP contribution in [-0.4, -0.2) is 22.8 Å². The van der Waals surface area contributed by atoms with Gasteiger partial charge >= 0.3 is 5.97 Å². The minimum atomic E-state index is -1.36. The predicted octanol–water partition coefficient (Wildman–Crippen LogP) is 1.67. The molecule has 0 aliphatic carbocycles. The first-order chi connectivity index (χ1) is 7.06. The topological polar surface area (TPSA) is 57.5 Å². The first-order valence-corrected chi connectivity index (χ1v) is 4.06. The Morgan fingerprint density at radius 1 is 1.33 bits per heavy atom. The van der Waals surface area contributed by atoms with Crippen LogP contribution in [-0.2, 0) is 0 Å². The molecule has 2 N–H and O–H groups in total. The van der Waals surface area contributed by atoms with Crippen molar-refractivity contribution in [3.05, 3.63) is 41.0 Å². The number of carboxylic acids is 1. The largest absolute Gasteiger partial charge is 0.478 e. The minimum Gasteiger partial charge on any atom is -0.478 e. The van der Waals surface area contributed by atoms with Gasteiger partial charge in [-0.1, -0.05) is 12.2 Å². The number of benzene rings is 1. The molecule has 0 heterocycles. The predicted molar refractivity (Wildman–Crippen MR) is 49.4 cm³/mol. The number of hydrogen-bond acceptors (Lipinski definition) is 2. The maximum atomic E-state index is 12.8. The second-order valence-corrected chi connectivity index (χ2v) is 2.74. The third-order valence-corrected chi connectivity index (χ3v) is 1.73. The summed E-state index contributed by atoms with van der Waals surface area (Å²) in [6.07, 6.45) is 2.45. The zero-order valence-corrected chi connectivity index (χ0v) is 7.58. The molecule has 1 rings (SSSR count). The highest BCUT2D eigenvalue weighted by Gasteiger charge is 2.13. The molecule has 0 radical (unpaired) electrons. The Labute approximate surface area is 84.3 Å². The standard InChI is InChI=1S/C10H8F2O3/c11-8-4-6(2-1-3-13)7(10(14)15)5-9(8)12/h1-2,4-5,13H,3H2,(H,14,15). The van der Waals surface area contributed by atoms with Crippen LogP contribution >= 0.6 is 0 Å². The number of halogens is 2. The molecule has 0 aliphatic rings. The fourth-order valence-electron chi connectivity index (χ4n) is 1.06. The summed E-state index contributed by atoms with van der Waals surface area (Å²) in [7, 11) is 0. The summed E-state index contributed by atoms with van der Waals surface area (Å²) in [5.41, 5.74) is -0.339. The average Bonchev–Trinajstić information content (AvgIpc) is 2.19. The van der Waals surface area contributed by atoms with E-state index in [4.69, 9.17) is 10.2 Å². The second kappa shape index (κ2) is 4.65. The number of carboxylic acid groups (broad SMARTS) is 1. The summed E-state index contributed by atoms with van der Waals surface area (Å²) in [6.45, 7) is -0.307. The quantitative estimate of drug-likeness (QED) is 0.804. The van der Waals surface area contributed by atoms with Crippen LogP contribution in [0.2, 0.25) is 0 Å². The van der Waals surface area contributed by atoms with Gasteiger partial charge in [0.15, 0.2) is 11.6 Å². The Morgan fingerprint density at radius 2 is 1.93 bits per heavy atom. The molecule has 1 aromatic carbocycles. The van der Waals surface area contributed by atoms with E-state index in [1.54, 1.807) is 0 Å². The second-order valence-electron chi connectivity index (χ2n) is 2.74. The van der Waals surface area contributed by atoms with Crippen molar-refractivity contribution in [2.75, 3.05) is 6.61 Å². The molecule has 0 bridgehead atoms. The number of hydrogen-bond donors (Lipinski definition) is 2. The number of aliphatic hydroxyl groups is 1. The molecule has 0 fully saturated rings. The van der Waals surface area contributed by atoms with Crippen LogP contribution in [0, 0.1) is 11.6 Å². The van der Waals surface area contributed by atoms with Gasteiger partial charge in [0.2, 0.25) is 0 Å². The van der Waals surface area contributed by atoms with Gasteiger partial charge in [0.05, 0.1) is 12.2 Å². The summed E-state index contributed by atoms with van der Waals surface area (Å²) in [4.78, 5) is 10.7. The molecule has 5 heteroatoms. The first kappa shape index (κ1) is 11.3. The molecule has 0 aromatic heterocycles. The van der Waals surface area contributed by atoms with Gasteiger partial charge in [-0.05, 0) is 17.7 Å². The summed E-state index contributed by atoms with van der Waals surface area (Å²) in [5.74, 6) is -3.70. The highest BCUT2D eigenvalue weighted by Crippen LogP contribution is 2.16. The molecule has 80 valence electrons. The Bertz CT molecular complexity index is 413. The van der Waals surface area contributed by atoms with Crippen molar-refractivity contribution in [2.45, 2.75) is 0 Å². The van der Waals surface area contributed by atoms with Gasteiger partial charge in [0.25, 0.3) is 0 Å². The summed E-state index contributed by atoms with van der Waals surface area (Å²) in [5, 5.41) is 17.2. The number of aliphatic hydroxyl groups excluding tert-OH is 1. The highest BCUT2D eigenvalue weighted by molar-refractivity contribution is 5.92. The number of carbonyl (C=O) groups is 1. The molecule has 1 aromatic rings. The van der Waals surface area contributed by atoms with Crippen molar-refractivity contribution >= 4 is 12.0 Å². The van der Waals surface area contributed by atoms with Gasteiger partial charge in [0, 0.05) is 0 Å². The van der Waals surface area contributed by atoms with E-state index >= 15 is 0 Å². The summed E-state index contributed by atoms with van der Waals surface area (Å²) < 4.78 is 25.5. The van der Waals surface area contributed by atoms with Crippen molar-refractivity contribution in [3.8, 4) is 0 Å². The molecule has 0 unspecified atom stereocenters. The maximum absolute atomic E-state index is 12.8. The zero-order valence-electron chi connectivity index (χ0n) is 7.58. The van der Waals surface area contributed by atoms with E-state index in [-0.39, 0.29) is 17.7 Å². The lowest BCUT2D eigenvalue weighted by atomic mass is 10.1. The van der Waals surface area contributed by atoms with E-state index in [0.717, 1.165) is 6.07 Å². The minimum absolute atomic E-state index is 0.00968. The highest BCUT2D eigenvalue weighted by atomic mass is 19.2. The van der Waals surface area contributed by atoms with Crippen molar-refractivity contribution in [1.29, 1.82) is 0 Å². The lowest BCUT2D eigenvalue weighted by Crippen LogP contribution is -2.02. The smallest absolute Gasteiger partial charge is 0.336 e. The van der Waals surface area contributed by atoms with Crippen LogP contribution in [0.3, 0.4) is 0 Å². The van der Waals surface area contributed by atoms with Crippen LogP contribution in [0.25, 0.3) is 6.08 Å². The van der Waals surface area contributed by atoms with E-state index in [9.17, 15) is 13.6 Å². The average molecular weight is 214 g/mol. The number of aromatic carboxylic acids is 1. The van der Waals surface area contributed by atoms with Crippen LogP contribution in [0.15, 0.2) is 18.2 Å². The molecule has 0 aliphatic heterocycles. The molecular formula is C10H8F2O3. The fourth-order valence-corrected chi connectivity index (χ4v) is 1.06. The summed E-state index contributed by atoms with van der Waals surface area (Å²) >= 11 is 0. The van der Waals surface area contributed by atoms with E-state index in [0.29, 0.717) is 6.07 Å². The van der Waals surface area contributed by atoms with E-state index < -0.39 is 17.6 Å². The van der Waals surface area contributed by atoms with Gasteiger partial charge in [-0.3, -0.25) is 0 Å². The van der Waals surface area contributed by atoms with Crippen LogP contribution < -0.4 is 0 Å². The molecule has 0 spiro atoms. The van der Waals surface area contributed by atoms with Crippen molar-refractivity contribution < 1.29 is 23.8 Å². The van der Waals surface area contributed by atoms with Crippen molar-refractivity contribution in [3.63, 3.8) is 0 Å². The Morgan fingerprint density at radius 3 is 2.47 bits per heavy atom. The van der Waals surface area contributed by atoms with Crippen LogP contribution in [0.5, 0.6) is 0 Å². The third kappa shape index (κ3) is 2.60. The molecule has 0 amide bonds.